The van der Waals surface area contributed by atoms with Gasteiger partial charge in [0.15, 0.2) is 6.61 Å². The Labute approximate surface area is 97.8 Å². The van der Waals surface area contributed by atoms with Crippen molar-refractivity contribution in [2.75, 3.05) is 39.6 Å². The predicted octanol–water partition coefficient (Wildman–Crippen LogP) is 0.484. The Hall–Kier alpha value is -0.410. The summed E-state index contributed by atoms with van der Waals surface area (Å²) in [5, 5.41) is 9.25. The molecule has 0 fully saturated rings. The first-order chi connectivity index (χ1) is 7.95. The van der Waals surface area contributed by atoms with Crippen LogP contribution in [-0.4, -0.2) is 57.0 Å². The van der Waals surface area contributed by atoms with Gasteiger partial charge in [-0.15, -0.1) is 0 Å². The molecule has 0 amide bonds. The molecule has 0 aromatic heterocycles. The van der Waals surface area contributed by atoms with E-state index < -0.39 is 18.9 Å². The molecule has 8 heteroatoms. The maximum absolute atomic E-state index is 11.6. The van der Waals surface area contributed by atoms with Gasteiger partial charge in [0.2, 0.25) is 0 Å². The van der Waals surface area contributed by atoms with Crippen LogP contribution in [0.4, 0.5) is 13.2 Å². The predicted molar refractivity (Wildman–Crippen MR) is 53.3 cm³/mol. The number of ether oxygens (including phenoxy) is 2. The zero-order valence-electron chi connectivity index (χ0n) is 9.63. The zero-order valence-corrected chi connectivity index (χ0v) is 9.63. The molecule has 0 aromatic rings. The lowest BCUT2D eigenvalue weighted by Crippen LogP contribution is -2.33. The number of alkyl halides is 3. The van der Waals surface area contributed by atoms with Gasteiger partial charge in [-0.1, -0.05) is 0 Å². The molecular formula is C9H18F3NO4. The number of nitrogens with one attached hydrogen (secondary N) is 1. The number of rotatable bonds is 10. The molecule has 0 saturated heterocycles. The van der Waals surface area contributed by atoms with E-state index in [4.69, 9.17) is 9.47 Å². The van der Waals surface area contributed by atoms with Crippen LogP contribution in [0.5, 0.6) is 0 Å². The minimum atomic E-state index is -4.38. The summed E-state index contributed by atoms with van der Waals surface area (Å²) in [5.74, 6) is 0. The van der Waals surface area contributed by atoms with Gasteiger partial charge in [0, 0.05) is 13.2 Å². The number of hydroxylamine groups is 1. The molecule has 0 rings (SSSR count). The molecule has 5 nitrogen and oxygen atoms in total. The smallest absolute Gasteiger partial charge is 0.389 e. The standard InChI is InChI=1S/C9H18F3NO4/c1-2-15-3-4-16-6-8(14)5-13-17-7-9(10,11)12/h8,13-14H,2-7H2,1H3. The van der Waals surface area contributed by atoms with Crippen LogP contribution in [0.2, 0.25) is 0 Å². The van der Waals surface area contributed by atoms with Gasteiger partial charge in [0.25, 0.3) is 0 Å². The van der Waals surface area contributed by atoms with Crippen LogP contribution in [0.15, 0.2) is 0 Å². The monoisotopic (exact) mass is 261 g/mol. The highest BCUT2D eigenvalue weighted by molar-refractivity contribution is 4.54. The molecule has 0 aromatic carbocycles. The van der Waals surface area contributed by atoms with Crippen LogP contribution >= 0.6 is 0 Å². The lowest BCUT2D eigenvalue weighted by atomic mass is 10.4. The van der Waals surface area contributed by atoms with Gasteiger partial charge >= 0.3 is 6.18 Å². The Kier molecular flexibility index (Phi) is 9.37. The summed E-state index contributed by atoms with van der Waals surface area (Å²) in [6, 6.07) is 0. The SMILES string of the molecule is CCOCCOCC(O)CNOCC(F)(F)F. The fraction of sp³-hybridized carbons (Fsp3) is 1.00. The molecule has 0 heterocycles. The second kappa shape index (κ2) is 9.60. The fourth-order valence-corrected chi connectivity index (χ4v) is 0.828. The van der Waals surface area contributed by atoms with Crippen molar-refractivity contribution >= 4 is 0 Å². The Morgan fingerprint density at radius 1 is 1.24 bits per heavy atom. The molecule has 17 heavy (non-hydrogen) atoms. The van der Waals surface area contributed by atoms with E-state index in [9.17, 15) is 18.3 Å². The van der Waals surface area contributed by atoms with Crippen molar-refractivity contribution in [3.63, 3.8) is 0 Å². The van der Waals surface area contributed by atoms with Gasteiger partial charge in [-0.2, -0.15) is 18.7 Å². The third kappa shape index (κ3) is 13.5. The Balaban J connectivity index is 3.26. The van der Waals surface area contributed by atoms with Crippen LogP contribution in [0.1, 0.15) is 6.92 Å². The summed E-state index contributed by atoms with van der Waals surface area (Å²) in [6.07, 6.45) is -5.31. The molecule has 104 valence electrons. The number of aliphatic hydroxyl groups excluding tert-OH is 1. The molecule has 0 aliphatic carbocycles. The zero-order chi connectivity index (χ0) is 13.1. The van der Waals surface area contributed by atoms with E-state index in [1.807, 2.05) is 12.4 Å². The molecule has 1 atom stereocenters. The molecule has 0 bridgehead atoms. The van der Waals surface area contributed by atoms with Gasteiger partial charge in [0.1, 0.15) is 0 Å². The summed E-state index contributed by atoms with van der Waals surface area (Å²) < 4.78 is 44.9. The van der Waals surface area contributed by atoms with Crippen LogP contribution in [-0.2, 0) is 14.3 Å². The Morgan fingerprint density at radius 2 is 1.88 bits per heavy atom. The van der Waals surface area contributed by atoms with Gasteiger partial charge in [0.05, 0.1) is 25.9 Å². The van der Waals surface area contributed by atoms with Crippen molar-refractivity contribution in [2.24, 2.45) is 0 Å². The molecule has 2 N–H and O–H groups in total. The number of aliphatic hydroxyl groups is 1. The quantitative estimate of drug-likeness (QED) is 0.442. The van der Waals surface area contributed by atoms with Crippen molar-refractivity contribution in [1.29, 1.82) is 0 Å². The first kappa shape index (κ1) is 16.6. The third-order valence-electron chi connectivity index (χ3n) is 1.54. The van der Waals surface area contributed by atoms with Crippen LogP contribution < -0.4 is 5.48 Å². The lowest BCUT2D eigenvalue weighted by molar-refractivity contribution is -0.191. The molecule has 0 aliphatic heterocycles. The first-order valence-electron chi connectivity index (χ1n) is 5.20. The van der Waals surface area contributed by atoms with Crippen molar-refractivity contribution in [2.45, 2.75) is 19.2 Å². The second-order valence-electron chi connectivity index (χ2n) is 3.18. The van der Waals surface area contributed by atoms with Gasteiger partial charge in [-0.3, -0.25) is 4.84 Å². The van der Waals surface area contributed by atoms with Crippen molar-refractivity contribution in [3.05, 3.63) is 0 Å². The Morgan fingerprint density at radius 3 is 2.47 bits per heavy atom. The van der Waals surface area contributed by atoms with Gasteiger partial charge < -0.3 is 14.6 Å². The molecule has 0 spiro atoms. The summed E-state index contributed by atoms with van der Waals surface area (Å²) in [6.45, 7) is 1.65. The maximum atomic E-state index is 11.6. The molecule has 1 unspecified atom stereocenters. The van der Waals surface area contributed by atoms with E-state index in [1.54, 1.807) is 0 Å². The van der Waals surface area contributed by atoms with Gasteiger partial charge in [-0.05, 0) is 6.92 Å². The largest absolute Gasteiger partial charge is 0.413 e. The van der Waals surface area contributed by atoms with Crippen LogP contribution in [0.25, 0.3) is 0 Å². The van der Waals surface area contributed by atoms with Gasteiger partial charge in [-0.25, -0.2) is 0 Å². The number of halogens is 3. The highest BCUT2D eigenvalue weighted by Crippen LogP contribution is 2.13. The number of hydrogen-bond acceptors (Lipinski definition) is 5. The molecule has 0 saturated carbocycles. The van der Waals surface area contributed by atoms with E-state index in [-0.39, 0.29) is 13.2 Å². The third-order valence-corrected chi connectivity index (χ3v) is 1.54. The van der Waals surface area contributed by atoms with E-state index in [0.29, 0.717) is 19.8 Å². The van der Waals surface area contributed by atoms with E-state index in [1.165, 1.54) is 0 Å². The number of hydrogen-bond donors (Lipinski definition) is 2. The second-order valence-corrected chi connectivity index (χ2v) is 3.18. The summed E-state index contributed by atoms with van der Waals surface area (Å²) in [4.78, 5) is 4.10. The lowest BCUT2D eigenvalue weighted by Gasteiger charge is -2.13. The highest BCUT2D eigenvalue weighted by atomic mass is 19.4. The van der Waals surface area contributed by atoms with E-state index >= 15 is 0 Å². The molecule has 0 radical (unpaired) electrons. The first-order valence-corrected chi connectivity index (χ1v) is 5.20. The molecule has 0 aliphatic rings. The summed E-state index contributed by atoms with van der Waals surface area (Å²) in [5.41, 5.74) is 2.01. The van der Waals surface area contributed by atoms with Crippen LogP contribution in [0.3, 0.4) is 0 Å². The minimum Gasteiger partial charge on any atom is -0.389 e. The molecular weight excluding hydrogens is 243 g/mol. The Bertz CT molecular complexity index is 180. The average Bonchev–Trinajstić information content (AvgIpc) is 2.23. The summed E-state index contributed by atoms with van der Waals surface area (Å²) >= 11 is 0. The van der Waals surface area contributed by atoms with E-state index in [0.717, 1.165) is 0 Å². The van der Waals surface area contributed by atoms with Crippen LogP contribution in [0, 0.1) is 0 Å². The van der Waals surface area contributed by atoms with Crippen molar-refractivity contribution in [1.82, 2.24) is 5.48 Å². The highest BCUT2D eigenvalue weighted by Gasteiger charge is 2.27. The minimum absolute atomic E-state index is 0.00938. The van der Waals surface area contributed by atoms with Crippen molar-refractivity contribution < 1.29 is 32.6 Å². The van der Waals surface area contributed by atoms with E-state index in [2.05, 4.69) is 4.84 Å². The fourth-order valence-electron chi connectivity index (χ4n) is 0.828. The summed E-state index contributed by atoms with van der Waals surface area (Å²) in [7, 11) is 0. The normalized spacial score (nSPS) is 13.9. The van der Waals surface area contributed by atoms with Crippen molar-refractivity contribution in [3.8, 4) is 0 Å². The maximum Gasteiger partial charge on any atom is 0.413 e. The topological polar surface area (TPSA) is 60.0 Å². The average molecular weight is 261 g/mol.